The molecule has 0 radical (unpaired) electrons. The van der Waals surface area contributed by atoms with Gasteiger partial charge in [0.1, 0.15) is 4.99 Å². The zero-order valence-electron chi connectivity index (χ0n) is 12.0. The minimum Gasteiger partial charge on any atom is -0.389 e. The van der Waals surface area contributed by atoms with Crippen molar-refractivity contribution in [1.82, 2.24) is 4.98 Å². The normalized spacial score (nSPS) is 17.5. The second-order valence-electron chi connectivity index (χ2n) is 6.38. The number of aromatic nitrogens is 1. The molecule has 2 heterocycles. The van der Waals surface area contributed by atoms with E-state index in [9.17, 15) is 0 Å². The van der Waals surface area contributed by atoms with E-state index in [-0.39, 0.29) is 0 Å². The predicted molar refractivity (Wildman–Crippen MR) is 84.5 cm³/mol. The smallest absolute Gasteiger partial charge is 0.106 e. The summed E-state index contributed by atoms with van der Waals surface area (Å²) < 4.78 is 0. The van der Waals surface area contributed by atoms with E-state index in [1.54, 1.807) is 6.20 Å². The lowest BCUT2D eigenvalue weighted by Crippen LogP contribution is -2.38. The fourth-order valence-corrected chi connectivity index (χ4v) is 3.01. The Bertz CT molecular complexity index is 457. The standard InChI is InChI=1S/C15H23N3S/c1-15(2,3)11-5-8-18(9-6-11)13-10-17-7-4-12(13)14(16)19/h4,7,10-11H,5-6,8-9H2,1-3H3,(H2,16,19). The van der Waals surface area contributed by atoms with E-state index >= 15 is 0 Å². The van der Waals surface area contributed by atoms with Gasteiger partial charge in [0, 0.05) is 24.8 Å². The molecule has 0 aliphatic carbocycles. The van der Waals surface area contributed by atoms with E-state index in [4.69, 9.17) is 18.0 Å². The van der Waals surface area contributed by atoms with Crippen molar-refractivity contribution in [2.75, 3.05) is 18.0 Å². The van der Waals surface area contributed by atoms with E-state index in [1.807, 2.05) is 12.3 Å². The van der Waals surface area contributed by atoms with Crippen molar-refractivity contribution < 1.29 is 0 Å². The molecular weight excluding hydrogens is 254 g/mol. The Hall–Kier alpha value is -1.16. The van der Waals surface area contributed by atoms with E-state index in [0.29, 0.717) is 10.4 Å². The molecule has 2 rings (SSSR count). The highest BCUT2D eigenvalue weighted by Gasteiger charge is 2.29. The third-order valence-corrected chi connectivity index (χ3v) is 4.35. The van der Waals surface area contributed by atoms with Gasteiger partial charge in [-0.05, 0) is 30.2 Å². The van der Waals surface area contributed by atoms with Gasteiger partial charge in [-0.3, -0.25) is 4.98 Å². The number of nitrogens with zero attached hydrogens (tertiary/aromatic N) is 2. The maximum absolute atomic E-state index is 5.79. The van der Waals surface area contributed by atoms with Crippen molar-refractivity contribution in [3.05, 3.63) is 24.0 Å². The zero-order valence-corrected chi connectivity index (χ0v) is 12.8. The maximum atomic E-state index is 5.79. The molecule has 1 fully saturated rings. The lowest BCUT2D eigenvalue weighted by atomic mass is 9.75. The van der Waals surface area contributed by atoms with Gasteiger partial charge < -0.3 is 10.6 Å². The average molecular weight is 277 g/mol. The van der Waals surface area contributed by atoms with Gasteiger partial charge in [0.25, 0.3) is 0 Å². The van der Waals surface area contributed by atoms with Gasteiger partial charge in [-0.1, -0.05) is 33.0 Å². The van der Waals surface area contributed by atoms with Crippen LogP contribution in [0.15, 0.2) is 18.5 Å². The predicted octanol–water partition coefficient (Wildman–Crippen LogP) is 2.98. The summed E-state index contributed by atoms with van der Waals surface area (Å²) in [5, 5.41) is 0. The van der Waals surface area contributed by atoms with Crippen molar-refractivity contribution in [1.29, 1.82) is 0 Å². The first kappa shape index (κ1) is 14.3. The minimum atomic E-state index is 0.396. The summed E-state index contributed by atoms with van der Waals surface area (Å²) in [4.78, 5) is 7.03. The Morgan fingerprint density at radius 1 is 1.37 bits per heavy atom. The van der Waals surface area contributed by atoms with Crippen LogP contribution in [0.1, 0.15) is 39.2 Å². The Kier molecular flexibility index (Phi) is 4.09. The van der Waals surface area contributed by atoms with Gasteiger partial charge >= 0.3 is 0 Å². The van der Waals surface area contributed by atoms with Crippen LogP contribution in [0, 0.1) is 11.3 Å². The molecule has 1 aromatic heterocycles. The number of pyridine rings is 1. The summed E-state index contributed by atoms with van der Waals surface area (Å²) in [6.07, 6.45) is 6.07. The first-order valence-electron chi connectivity index (χ1n) is 6.88. The number of hydrogen-bond donors (Lipinski definition) is 1. The Morgan fingerprint density at radius 2 is 2.00 bits per heavy atom. The highest BCUT2D eigenvalue weighted by molar-refractivity contribution is 7.80. The number of thiocarbonyl (C=S) groups is 1. The second kappa shape index (κ2) is 5.45. The summed E-state index contributed by atoms with van der Waals surface area (Å²) in [7, 11) is 0. The molecule has 0 spiro atoms. The molecular formula is C15H23N3S. The molecule has 1 saturated heterocycles. The van der Waals surface area contributed by atoms with Crippen molar-refractivity contribution in [2.24, 2.45) is 17.1 Å². The SMILES string of the molecule is CC(C)(C)C1CCN(c2cnccc2C(N)=S)CC1. The molecule has 0 amide bonds. The van der Waals surface area contributed by atoms with Crippen LogP contribution < -0.4 is 10.6 Å². The third kappa shape index (κ3) is 3.24. The quantitative estimate of drug-likeness (QED) is 0.844. The van der Waals surface area contributed by atoms with Crippen LogP contribution in [-0.4, -0.2) is 23.1 Å². The molecule has 0 bridgehead atoms. The van der Waals surface area contributed by atoms with E-state index < -0.39 is 0 Å². The van der Waals surface area contributed by atoms with Gasteiger partial charge in [-0.2, -0.15) is 0 Å². The number of anilines is 1. The van der Waals surface area contributed by atoms with Crippen LogP contribution in [-0.2, 0) is 0 Å². The summed E-state index contributed by atoms with van der Waals surface area (Å²) >= 11 is 5.12. The van der Waals surface area contributed by atoms with Crippen LogP contribution in [0.4, 0.5) is 5.69 Å². The van der Waals surface area contributed by atoms with Crippen LogP contribution in [0.25, 0.3) is 0 Å². The monoisotopic (exact) mass is 277 g/mol. The molecule has 4 heteroatoms. The number of rotatable bonds is 2. The molecule has 2 N–H and O–H groups in total. The summed E-state index contributed by atoms with van der Waals surface area (Å²) in [5.41, 5.74) is 8.22. The van der Waals surface area contributed by atoms with Crippen molar-refractivity contribution in [3.8, 4) is 0 Å². The van der Waals surface area contributed by atoms with Crippen molar-refractivity contribution >= 4 is 22.9 Å². The van der Waals surface area contributed by atoms with Crippen LogP contribution in [0.2, 0.25) is 0 Å². The first-order chi connectivity index (χ1) is 8.89. The van der Waals surface area contributed by atoms with Gasteiger partial charge in [0.05, 0.1) is 11.9 Å². The number of hydrogen-bond acceptors (Lipinski definition) is 3. The fourth-order valence-electron chi connectivity index (χ4n) is 2.83. The Balaban J connectivity index is 2.12. The van der Waals surface area contributed by atoms with E-state index in [2.05, 4.69) is 30.7 Å². The maximum Gasteiger partial charge on any atom is 0.106 e. The molecule has 0 aromatic carbocycles. The third-order valence-electron chi connectivity index (χ3n) is 4.13. The molecule has 0 unspecified atom stereocenters. The molecule has 0 saturated carbocycles. The summed E-state index contributed by atoms with van der Waals surface area (Å²) in [5.74, 6) is 0.786. The van der Waals surface area contributed by atoms with E-state index in [1.165, 1.54) is 12.8 Å². The van der Waals surface area contributed by atoms with Gasteiger partial charge in [0.2, 0.25) is 0 Å². The zero-order chi connectivity index (χ0) is 14.0. The Labute approximate surface area is 121 Å². The second-order valence-corrected chi connectivity index (χ2v) is 6.82. The van der Waals surface area contributed by atoms with Gasteiger partial charge in [-0.15, -0.1) is 0 Å². The van der Waals surface area contributed by atoms with Crippen LogP contribution >= 0.6 is 12.2 Å². The molecule has 1 aromatic rings. The van der Waals surface area contributed by atoms with Gasteiger partial charge in [-0.25, -0.2) is 0 Å². The largest absolute Gasteiger partial charge is 0.389 e. The van der Waals surface area contributed by atoms with Crippen LogP contribution in [0.5, 0.6) is 0 Å². The van der Waals surface area contributed by atoms with Crippen LogP contribution in [0.3, 0.4) is 0 Å². The first-order valence-corrected chi connectivity index (χ1v) is 7.29. The lowest BCUT2D eigenvalue weighted by molar-refractivity contribution is 0.199. The fraction of sp³-hybridized carbons (Fsp3) is 0.600. The average Bonchev–Trinajstić information content (AvgIpc) is 2.38. The topological polar surface area (TPSA) is 42.2 Å². The highest BCUT2D eigenvalue weighted by atomic mass is 32.1. The lowest BCUT2D eigenvalue weighted by Gasteiger charge is -2.40. The molecule has 0 atom stereocenters. The highest BCUT2D eigenvalue weighted by Crippen LogP contribution is 2.35. The van der Waals surface area contributed by atoms with Crippen molar-refractivity contribution in [2.45, 2.75) is 33.6 Å². The Morgan fingerprint density at radius 3 is 2.53 bits per heavy atom. The number of nitrogens with two attached hydrogens (primary N) is 1. The van der Waals surface area contributed by atoms with E-state index in [0.717, 1.165) is 30.3 Å². The molecule has 3 nitrogen and oxygen atoms in total. The van der Waals surface area contributed by atoms with Crippen molar-refractivity contribution in [3.63, 3.8) is 0 Å². The summed E-state index contributed by atoms with van der Waals surface area (Å²) in [6, 6.07) is 1.91. The molecule has 104 valence electrons. The van der Waals surface area contributed by atoms with Gasteiger partial charge in [0.15, 0.2) is 0 Å². The minimum absolute atomic E-state index is 0.396. The molecule has 1 aliphatic heterocycles. The summed E-state index contributed by atoms with van der Waals surface area (Å²) in [6.45, 7) is 9.11. The molecule has 1 aliphatic rings. The number of piperidine rings is 1. The molecule has 19 heavy (non-hydrogen) atoms.